The van der Waals surface area contributed by atoms with E-state index in [0.717, 1.165) is 0 Å². The summed E-state index contributed by atoms with van der Waals surface area (Å²) in [5.74, 6) is -0.795. The molecule has 0 spiro atoms. The minimum atomic E-state index is -0.851. The summed E-state index contributed by atoms with van der Waals surface area (Å²) in [7, 11) is 1.27. The summed E-state index contributed by atoms with van der Waals surface area (Å²) in [6.45, 7) is 5.06. The van der Waals surface area contributed by atoms with E-state index in [1.807, 2.05) is 6.92 Å². The maximum absolute atomic E-state index is 12.1. The highest BCUT2D eigenvalue weighted by atomic mass is 16.5. The second kappa shape index (κ2) is 9.46. The van der Waals surface area contributed by atoms with Crippen LogP contribution < -0.4 is 10.9 Å². The molecule has 7 nitrogen and oxygen atoms in total. The predicted octanol–water partition coefficient (Wildman–Crippen LogP) is 3.25. The predicted molar refractivity (Wildman–Crippen MR) is 92.7 cm³/mol. The molecule has 0 saturated carbocycles. The molecule has 0 aliphatic carbocycles. The van der Waals surface area contributed by atoms with Crippen LogP contribution in [-0.2, 0) is 4.74 Å². The van der Waals surface area contributed by atoms with E-state index < -0.39 is 17.5 Å². The number of hydrogen-bond donors (Lipinski definition) is 2. The topological polar surface area (TPSA) is 106 Å². The standard InChI is InChI=1S/C18H23NO6/c1-5-11(2)16(21)15-13(20)10-14(25-17(15)22)12(3)8-6-7-9-19-18(23)24-4/h5,7,9-10,12,20H,6,8H2,1-4H3,(H,19,23)/b9-7+,11-5+. The molecule has 25 heavy (non-hydrogen) atoms. The first kappa shape index (κ1) is 20.2. The Kier molecular flexibility index (Phi) is 7.65. The molecule has 1 atom stereocenters. The Bertz CT molecular complexity index is 744. The highest BCUT2D eigenvalue weighted by Gasteiger charge is 2.21. The number of amides is 1. The van der Waals surface area contributed by atoms with Gasteiger partial charge in [-0.2, -0.15) is 0 Å². The number of Topliss-reactive ketones (excluding diaryl/α,β-unsaturated/α-hetero) is 1. The molecule has 2 N–H and O–H groups in total. The first-order chi connectivity index (χ1) is 11.8. The Morgan fingerprint density at radius 2 is 2.12 bits per heavy atom. The molecule has 0 aliphatic heterocycles. The van der Waals surface area contributed by atoms with Crippen molar-refractivity contribution in [2.24, 2.45) is 0 Å². The van der Waals surface area contributed by atoms with Crippen LogP contribution in [0.3, 0.4) is 0 Å². The maximum atomic E-state index is 12.1. The summed E-state index contributed by atoms with van der Waals surface area (Å²) in [6, 6.07) is 1.30. The molecule has 1 aromatic rings. The first-order valence-electron chi connectivity index (χ1n) is 7.85. The van der Waals surface area contributed by atoms with E-state index in [1.54, 1.807) is 26.0 Å². The fourth-order valence-electron chi connectivity index (χ4n) is 2.04. The SMILES string of the molecule is C/C=C(\C)C(=O)c1c(O)cc(C(C)CC/C=C/NC(=O)OC)oc1=O. The molecular formula is C18H23NO6. The summed E-state index contributed by atoms with van der Waals surface area (Å²) in [5, 5.41) is 12.5. The molecule has 1 aromatic heterocycles. The van der Waals surface area contributed by atoms with Crippen molar-refractivity contribution < 1.29 is 23.8 Å². The summed E-state index contributed by atoms with van der Waals surface area (Å²) in [6.07, 6.45) is 5.42. The van der Waals surface area contributed by atoms with Crippen molar-refractivity contribution in [3.05, 3.63) is 51.7 Å². The van der Waals surface area contributed by atoms with E-state index in [2.05, 4.69) is 10.1 Å². The van der Waals surface area contributed by atoms with Crippen molar-refractivity contribution in [1.29, 1.82) is 0 Å². The van der Waals surface area contributed by atoms with E-state index in [9.17, 15) is 19.5 Å². The van der Waals surface area contributed by atoms with Crippen molar-refractivity contribution in [1.82, 2.24) is 5.32 Å². The molecule has 0 aromatic carbocycles. The molecule has 1 unspecified atom stereocenters. The van der Waals surface area contributed by atoms with Gasteiger partial charge < -0.3 is 14.3 Å². The van der Waals surface area contributed by atoms with E-state index in [0.29, 0.717) is 24.2 Å². The van der Waals surface area contributed by atoms with Gasteiger partial charge >= 0.3 is 11.7 Å². The van der Waals surface area contributed by atoms with E-state index in [4.69, 9.17) is 4.42 Å². The molecule has 0 radical (unpaired) electrons. The number of aromatic hydroxyl groups is 1. The molecule has 7 heteroatoms. The third-order valence-electron chi connectivity index (χ3n) is 3.72. The van der Waals surface area contributed by atoms with Gasteiger partial charge in [0.25, 0.3) is 0 Å². The Morgan fingerprint density at radius 3 is 2.68 bits per heavy atom. The van der Waals surface area contributed by atoms with Crippen molar-refractivity contribution in [3.8, 4) is 5.75 Å². The zero-order valence-electron chi connectivity index (χ0n) is 14.8. The summed E-state index contributed by atoms with van der Waals surface area (Å²) in [4.78, 5) is 35.0. The summed E-state index contributed by atoms with van der Waals surface area (Å²) in [5.41, 5.74) is -0.851. The zero-order valence-corrected chi connectivity index (χ0v) is 14.8. The van der Waals surface area contributed by atoms with Gasteiger partial charge in [-0.1, -0.05) is 19.1 Å². The minimum absolute atomic E-state index is 0.159. The number of nitrogens with one attached hydrogen (secondary N) is 1. The van der Waals surface area contributed by atoms with E-state index >= 15 is 0 Å². The number of methoxy groups -OCH3 is 1. The maximum Gasteiger partial charge on any atom is 0.410 e. The van der Waals surface area contributed by atoms with E-state index in [-0.39, 0.29) is 17.2 Å². The molecule has 0 bridgehead atoms. The molecule has 1 amide bonds. The van der Waals surface area contributed by atoms with Crippen LogP contribution >= 0.6 is 0 Å². The van der Waals surface area contributed by atoms with Crippen LogP contribution in [0.15, 0.2) is 39.2 Å². The van der Waals surface area contributed by atoms with Crippen molar-refractivity contribution in [3.63, 3.8) is 0 Å². The largest absolute Gasteiger partial charge is 0.507 e. The lowest BCUT2D eigenvalue weighted by Crippen LogP contribution is -2.16. The quantitative estimate of drug-likeness (QED) is 0.578. The molecular weight excluding hydrogens is 326 g/mol. The average molecular weight is 349 g/mol. The molecule has 0 fully saturated rings. The zero-order chi connectivity index (χ0) is 19.0. The second-order valence-corrected chi connectivity index (χ2v) is 5.51. The fraction of sp³-hybridized carbons (Fsp3) is 0.389. The molecule has 0 saturated heterocycles. The van der Waals surface area contributed by atoms with Crippen LogP contribution in [0.2, 0.25) is 0 Å². The highest BCUT2D eigenvalue weighted by molar-refractivity contribution is 6.09. The lowest BCUT2D eigenvalue weighted by Gasteiger charge is -2.11. The van der Waals surface area contributed by atoms with Crippen LogP contribution in [0, 0.1) is 0 Å². The molecule has 1 rings (SSSR count). The number of allylic oxidation sites excluding steroid dienone is 3. The number of hydrogen-bond acceptors (Lipinski definition) is 6. The lowest BCUT2D eigenvalue weighted by molar-refractivity contribution is 0.102. The number of ketones is 1. The van der Waals surface area contributed by atoms with Gasteiger partial charge in [-0.05, 0) is 32.3 Å². The number of rotatable bonds is 7. The van der Waals surface area contributed by atoms with Crippen molar-refractivity contribution in [2.75, 3.05) is 7.11 Å². The van der Waals surface area contributed by atoms with Gasteiger partial charge in [0.1, 0.15) is 17.1 Å². The van der Waals surface area contributed by atoms with Gasteiger partial charge in [-0.15, -0.1) is 0 Å². The molecule has 136 valence electrons. The summed E-state index contributed by atoms with van der Waals surface area (Å²) >= 11 is 0. The van der Waals surface area contributed by atoms with Gasteiger partial charge in [-0.3, -0.25) is 10.1 Å². The first-order valence-corrected chi connectivity index (χ1v) is 7.85. The number of alkyl carbamates (subject to hydrolysis) is 1. The number of ether oxygens (including phenoxy) is 1. The van der Waals surface area contributed by atoms with Crippen molar-refractivity contribution >= 4 is 11.9 Å². The Morgan fingerprint density at radius 1 is 1.44 bits per heavy atom. The third-order valence-corrected chi connectivity index (χ3v) is 3.72. The monoisotopic (exact) mass is 349 g/mol. The van der Waals surface area contributed by atoms with Crippen molar-refractivity contribution in [2.45, 2.75) is 39.5 Å². The van der Waals surface area contributed by atoms with Gasteiger partial charge in [0.2, 0.25) is 0 Å². The normalized spacial score (nSPS) is 12.9. The smallest absolute Gasteiger partial charge is 0.410 e. The van der Waals surface area contributed by atoms with Crippen LogP contribution in [0.1, 0.15) is 55.6 Å². The van der Waals surface area contributed by atoms with Gasteiger partial charge in [-0.25, -0.2) is 9.59 Å². The second-order valence-electron chi connectivity index (χ2n) is 5.51. The van der Waals surface area contributed by atoms with Gasteiger partial charge in [0.15, 0.2) is 5.78 Å². The van der Waals surface area contributed by atoms with Gasteiger partial charge in [0.05, 0.1) is 7.11 Å². The number of carbonyl (C=O) groups excluding carboxylic acids is 2. The Balaban J connectivity index is 2.82. The summed E-state index contributed by atoms with van der Waals surface area (Å²) < 4.78 is 9.62. The van der Waals surface area contributed by atoms with Crippen LogP contribution in [-0.4, -0.2) is 24.1 Å². The fourth-order valence-corrected chi connectivity index (χ4v) is 2.04. The van der Waals surface area contributed by atoms with E-state index in [1.165, 1.54) is 19.4 Å². The van der Waals surface area contributed by atoms with Crippen LogP contribution in [0.5, 0.6) is 5.75 Å². The molecule has 0 aliphatic rings. The van der Waals surface area contributed by atoms with Gasteiger partial charge in [0, 0.05) is 18.2 Å². The Labute approximate surface area is 146 Å². The third kappa shape index (κ3) is 5.63. The van der Waals surface area contributed by atoms with Crippen LogP contribution in [0.4, 0.5) is 4.79 Å². The minimum Gasteiger partial charge on any atom is -0.507 e. The molecule has 1 heterocycles. The lowest BCUT2D eigenvalue weighted by atomic mass is 10.00. The Hall–Kier alpha value is -2.83. The average Bonchev–Trinajstić information content (AvgIpc) is 2.59. The number of carbonyl (C=O) groups is 2. The van der Waals surface area contributed by atoms with Crippen LogP contribution in [0.25, 0.3) is 0 Å². The highest BCUT2D eigenvalue weighted by Crippen LogP contribution is 2.25.